The van der Waals surface area contributed by atoms with Crippen molar-refractivity contribution in [3.8, 4) is 0 Å². The highest BCUT2D eigenvalue weighted by molar-refractivity contribution is 5.78. The molecule has 2 aliphatic carbocycles. The highest BCUT2D eigenvalue weighted by atomic mass is 16.4. The zero-order valence-corrected chi connectivity index (χ0v) is 23.9. The Bertz CT molecular complexity index is 1020. The van der Waals surface area contributed by atoms with Crippen LogP contribution in [0.3, 0.4) is 0 Å². The van der Waals surface area contributed by atoms with E-state index in [1.807, 2.05) is 0 Å². The lowest BCUT2D eigenvalue weighted by Crippen LogP contribution is -2.42. The number of carbonyl (C=O) groups excluding carboxylic acids is 1. The largest absolute Gasteiger partial charge is 0.445 e. The molecule has 2 fully saturated rings. The summed E-state index contributed by atoms with van der Waals surface area (Å²) < 4.78 is 6.29. The van der Waals surface area contributed by atoms with E-state index < -0.39 is 0 Å². The van der Waals surface area contributed by atoms with E-state index in [-0.39, 0.29) is 17.7 Å². The number of amides is 1. The summed E-state index contributed by atoms with van der Waals surface area (Å²) in [6, 6.07) is 0. The lowest BCUT2D eigenvalue weighted by molar-refractivity contribution is -0.126. The monoisotopic (exact) mass is 520 g/mol. The van der Waals surface area contributed by atoms with Gasteiger partial charge < -0.3 is 14.6 Å². The maximum absolute atomic E-state index is 12.8. The molecule has 0 saturated carbocycles. The van der Waals surface area contributed by atoms with Gasteiger partial charge in [0.15, 0.2) is 5.89 Å². The third-order valence-electron chi connectivity index (χ3n) is 9.26. The first-order valence-electron chi connectivity index (χ1n) is 15.1. The summed E-state index contributed by atoms with van der Waals surface area (Å²) in [5.41, 5.74) is 1.05. The predicted molar refractivity (Wildman–Crippen MR) is 153 cm³/mol. The van der Waals surface area contributed by atoms with Crippen molar-refractivity contribution in [1.82, 2.24) is 20.1 Å². The maximum atomic E-state index is 12.8. The van der Waals surface area contributed by atoms with E-state index in [0.717, 1.165) is 81.2 Å². The minimum atomic E-state index is 0.133. The molecule has 2 saturated heterocycles. The normalized spacial score (nSPS) is 32.4. The van der Waals surface area contributed by atoms with Crippen LogP contribution in [0.5, 0.6) is 0 Å². The summed E-state index contributed by atoms with van der Waals surface area (Å²) in [5.74, 6) is 5.29. The Balaban J connectivity index is 1.06. The van der Waals surface area contributed by atoms with Crippen molar-refractivity contribution >= 4 is 5.91 Å². The molecule has 1 aromatic heterocycles. The van der Waals surface area contributed by atoms with Crippen molar-refractivity contribution in [2.45, 2.75) is 65.8 Å². The molecule has 0 spiro atoms. The van der Waals surface area contributed by atoms with Crippen LogP contribution >= 0.6 is 0 Å². The molecule has 0 radical (unpaired) electrons. The third-order valence-corrected chi connectivity index (χ3v) is 9.26. The van der Waals surface area contributed by atoms with E-state index in [9.17, 15) is 4.79 Å². The standard InChI is InChI=1S/C32H48N4O2/c1-22-18-23(2)20-36(19-22)15-7-14-33-31(37)27-12-16-35(17-13-27)21-29-25(4)38-32(34-29)30-24(3)10-11-26-8-5-6-9-28(26)30/h5-6,8-11,22-24,26-28,30H,7,12-21H2,1-4H3,(H,33,37)/t22-,23+,24?,26?,28?,30?. The van der Waals surface area contributed by atoms with Gasteiger partial charge in [0, 0.05) is 43.9 Å². The van der Waals surface area contributed by atoms with E-state index in [4.69, 9.17) is 9.40 Å². The average molecular weight is 521 g/mol. The first-order valence-corrected chi connectivity index (χ1v) is 15.1. The Kier molecular flexibility index (Phi) is 8.89. The lowest BCUT2D eigenvalue weighted by atomic mass is 9.69. The Morgan fingerprint density at radius 1 is 1.03 bits per heavy atom. The number of hydrogen-bond acceptors (Lipinski definition) is 5. The van der Waals surface area contributed by atoms with Crippen molar-refractivity contribution in [2.24, 2.45) is 35.5 Å². The van der Waals surface area contributed by atoms with Crippen molar-refractivity contribution in [3.63, 3.8) is 0 Å². The van der Waals surface area contributed by atoms with Crippen LogP contribution in [0.2, 0.25) is 0 Å². The molecule has 3 heterocycles. The smallest absolute Gasteiger partial charge is 0.223 e. The van der Waals surface area contributed by atoms with E-state index >= 15 is 0 Å². The molecule has 4 aliphatic rings. The fourth-order valence-electron chi connectivity index (χ4n) is 7.29. The summed E-state index contributed by atoms with van der Waals surface area (Å²) in [7, 11) is 0. The van der Waals surface area contributed by atoms with Crippen LogP contribution in [0.1, 0.15) is 69.7 Å². The molecule has 0 aromatic carbocycles. The molecule has 0 bridgehead atoms. The van der Waals surface area contributed by atoms with Gasteiger partial charge in [-0.15, -0.1) is 0 Å². The highest BCUT2D eigenvalue weighted by Crippen LogP contribution is 2.44. The van der Waals surface area contributed by atoms with Crippen LogP contribution in [0.4, 0.5) is 0 Å². The van der Waals surface area contributed by atoms with Crippen LogP contribution in [0, 0.1) is 42.4 Å². The van der Waals surface area contributed by atoms with Crippen LogP contribution in [-0.4, -0.2) is 60.0 Å². The number of carbonyl (C=O) groups is 1. The average Bonchev–Trinajstić information content (AvgIpc) is 3.25. The Morgan fingerprint density at radius 2 is 1.76 bits per heavy atom. The van der Waals surface area contributed by atoms with Crippen molar-refractivity contribution in [3.05, 3.63) is 53.8 Å². The molecule has 38 heavy (non-hydrogen) atoms. The second kappa shape index (κ2) is 12.3. The number of allylic oxidation sites excluding steroid dienone is 6. The molecule has 6 heteroatoms. The SMILES string of the molecule is Cc1oc(C2C(C)C=CC3C=CC=CC32)nc1CN1CCC(C(=O)NCCCN2C[C@H](C)C[C@H](C)C2)CC1. The zero-order valence-electron chi connectivity index (χ0n) is 23.9. The quantitative estimate of drug-likeness (QED) is 0.371. The molecule has 1 amide bonds. The van der Waals surface area contributed by atoms with Gasteiger partial charge in [-0.25, -0.2) is 4.98 Å². The number of nitrogens with one attached hydrogen (secondary N) is 1. The molecular weight excluding hydrogens is 472 g/mol. The van der Waals surface area contributed by atoms with Gasteiger partial charge in [0.05, 0.1) is 5.69 Å². The highest BCUT2D eigenvalue weighted by Gasteiger charge is 2.37. The Hall–Kier alpha value is -2.18. The summed E-state index contributed by atoms with van der Waals surface area (Å²) in [4.78, 5) is 22.9. The van der Waals surface area contributed by atoms with Gasteiger partial charge in [-0.1, -0.05) is 57.2 Å². The molecule has 6 nitrogen and oxygen atoms in total. The fraction of sp³-hybridized carbons (Fsp3) is 0.688. The molecular formula is C32H48N4O2. The van der Waals surface area contributed by atoms with Gasteiger partial charge in [0.25, 0.3) is 0 Å². The molecule has 1 aromatic rings. The van der Waals surface area contributed by atoms with Gasteiger partial charge in [-0.2, -0.15) is 0 Å². The molecule has 208 valence electrons. The molecule has 1 N–H and O–H groups in total. The summed E-state index contributed by atoms with van der Waals surface area (Å²) in [6.45, 7) is 16.0. The molecule has 5 rings (SSSR count). The van der Waals surface area contributed by atoms with Crippen LogP contribution in [0.25, 0.3) is 0 Å². The van der Waals surface area contributed by atoms with Gasteiger partial charge in [0.2, 0.25) is 5.91 Å². The predicted octanol–water partition coefficient (Wildman–Crippen LogP) is 5.33. The molecule has 4 unspecified atom stereocenters. The minimum absolute atomic E-state index is 0.133. The molecule has 6 atom stereocenters. The number of aromatic nitrogens is 1. The minimum Gasteiger partial charge on any atom is -0.445 e. The summed E-state index contributed by atoms with van der Waals surface area (Å²) in [6.07, 6.45) is 17.8. The van der Waals surface area contributed by atoms with Gasteiger partial charge in [0.1, 0.15) is 5.76 Å². The van der Waals surface area contributed by atoms with E-state index in [0.29, 0.717) is 17.8 Å². The van der Waals surface area contributed by atoms with Crippen LogP contribution < -0.4 is 5.32 Å². The second-order valence-corrected chi connectivity index (χ2v) is 12.6. The number of rotatable bonds is 8. The number of likely N-dealkylation sites (tertiary alicyclic amines) is 2. The number of piperidine rings is 2. The molecule has 2 aliphatic heterocycles. The van der Waals surface area contributed by atoms with Crippen molar-refractivity contribution < 1.29 is 9.21 Å². The van der Waals surface area contributed by atoms with Crippen LogP contribution in [0.15, 0.2) is 40.9 Å². The zero-order chi connectivity index (χ0) is 26.6. The number of nitrogens with zero attached hydrogens (tertiary/aromatic N) is 3. The lowest BCUT2D eigenvalue weighted by Gasteiger charge is -2.35. The van der Waals surface area contributed by atoms with Gasteiger partial charge >= 0.3 is 0 Å². The van der Waals surface area contributed by atoms with Gasteiger partial charge in [-0.3, -0.25) is 9.69 Å². The Morgan fingerprint density at radius 3 is 2.53 bits per heavy atom. The fourth-order valence-corrected chi connectivity index (χ4v) is 7.29. The number of oxazole rings is 1. The third kappa shape index (κ3) is 6.51. The van der Waals surface area contributed by atoms with E-state index in [2.05, 4.69) is 79.3 Å². The topological polar surface area (TPSA) is 61.6 Å². The number of fused-ring (bicyclic) bond motifs is 1. The van der Waals surface area contributed by atoms with Gasteiger partial charge in [-0.05, 0) is 75.9 Å². The Labute approximate surface area is 229 Å². The first-order chi connectivity index (χ1) is 18.4. The van der Waals surface area contributed by atoms with Crippen LogP contribution in [-0.2, 0) is 11.3 Å². The van der Waals surface area contributed by atoms with E-state index in [1.165, 1.54) is 19.5 Å². The summed E-state index contributed by atoms with van der Waals surface area (Å²) in [5, 5.41) is 3.23. The van der Waals surface area contributed by atoms with Crippen molar-refractivity contribution in [2.75, 3.05) is 39.3 Å². The number of aryl methyl sites for hydroxylation is 1. The van der Waals surface area contributed by atoms with Crippen molar-refractivity contribution in [1.29, 1.82) is 0 Å². The maximum Gasteiger partial charge on any atom is 0.223 e. The summed E-state index contributed by atoms with van der Waals surface area (Å²) >= 11 is 0. The first kappa shape index (κ1) is 27.4. The number of hydrogen-bond donors (Lipinski definition) is 1. The van der Waals surface area contributed by atoms with E-state index in [1.54, 1.807) is 0 Å². The second-order valence-electron chi connectivity index (χ2n) is 12.6.